The number of benzene rings is 2. The molecule has 1 N–H and O–H groups in total. The van der Waals surface area contributed by atoms with Crippen LogP contribution in [-0.2, 0) is 0 Å². The Bertz CT molecular complexity index is 724. The van der Waals surface area contributed by atoms with Gasteiger partial charge >= 0.3 is 0 Å². The first kappa shape index (κ1) is 13.1. The minimum atomic E-state index is 0.941. The van der Waals surface area contributed by atoms with Crippen LogP contribution in [0.5, 0.6) is 0 Å². The Kier molecular flexibility index (Phi) is 4.08. The first-order valence-corrected chi connectivity index (χ1v) is 6.91. The van der Waals surface area contributed by atoms with E-state index in [0.29, 0.717) is 0 Å². The zero-order valence-electron chi connectivity index (χ0n) is 11.6. The molecule has 0 radical (unpaired) electrons. The molecule has 0 spiro atoms. The lowest BCUT2D eigenvalue weighted by Crippen LogP contribution is -1.85. The Morgan fingerprint density at radius 3 is 2.19 bits per heavy atom. The Morgan fingerprint density at radius 1 is 0.810 bits per heavy atom. The molecule has 0 fully saturated rings. The molecule has 3 rings (SSSR count). The van der Waals surface area contributed by atoms with E-state index in [2.05, 4.69) is 40.3 Å². The van der Waals surface area contributed by atoms with Crippen LogP contribution in [0.15, 0.2) is 84.0 Å². The molecule has 0 unspecified atom stereocenters. The highest BCUT2D eigenvalue weighted by Gasteiger charge is 1.99. The van der Waals surface area contributed by atoms with Crippen molar-refractivity contribution in [3.05, 3.63) is 95.8 Å². The second-order valence-corrected chi connectivity index (χ2v) is 4.69. The molecule has 2 aromatic carbocycles. The van der Waals surface area contributed by atoms with Gasteiger partial charge in [0.25, 0.3) is 0 Å². The molecule has 0 amide bonds. The lowest BCUT2D eigenvalue weighted by Gasteiger charge is -2.02. The summed E-state index contributed by atoms with van der Waals surface area (Å²) in [5.74, 6) is 0. The molecule has 2 nitrogen and oxygen atoms in total. The van der Waals surface area contributed by atoms with E-state index in [0.717, 1.165) is 22.5 Å². The minimum absolute atomic E-state index is 0.941. The summed E-state index contributed by atoms with van der Waals surface area (Å²) < 4.78 is 0. The normalized spacial score (nSPS) is 11.9. The van der Waals surface area contributed by atoms with Gasteiger partial charge in [-0.2, -0.15) is 0 Å². The predicted molar refractivity (Wildman–Crippen MR) is 89.1 cm³/mol. The van der Waals surface area contributed by atoms with Gasteiger partial charge in [-0.25, -0.2) is 0 Å². The van der Waals surface area contributed by atoms with E-state index in [-0.39, 0.29) is 0 Å². The fourth-order valence-electron chi connectivity index (χ4n) is 2.07. The molecule has 0 aliphatic heterocycles. The Balaban J connectivity index is 1.97. The molecule has 0 aliphatic rings. The van der Waals surface area contributed by atoms with E-state index in [4.69, 9.17) is 0 Å². The number of aromatic amines is 1. The lowest BCUT2D eigenvalue weighted by molar-refractivity contribution is 1.38. The zero-order valence-corrected chi connectivity index (χ0v) is 11.6. The van der Waals surface area contributed by atoms with E-state index in [9.17, 15) is 0 Å². The van der Waals surface area contributed by atoms with Gasteiger partial charge in [0.2, 0.25) is 0 Å². The van der Waals surface area contributed by atoms with Crippen molar-refractivity contribution in [3.8, 4) is 0 Å². The first-order valence-electron chi connectivity index (χ1n) is 6.91. The maximum absolute atomic E-state index is 4.64. The van der Waals surface area contributed by atoms with E-state index in [1.165, 1.54) is 0 Å². The summed E-state index contributed by atoms with van der Waals surface area (Å²) in [5.41, 5.74) is 4.17. The molecule has 0 saturated heterocycles. The number of hydrogen-bond donors (Lipinski definition) is 1. The van der Waals surface area contributed by atoms with Crippen LogP contribution < -0.4 is 0 Å². The summed E-state index contributed by atoms with van der Waals surface area (Å²) in [4.78, 5) is 7.77. The van der Waals surface area contributed by atoms with Crippen LogP contribution in [0.2, 0.25) is 0 Å². The van der Waals surface area contributed by atoms with Gasteiger partial charge in [-0.3, -0.25) is 4.99 Å². The summed E-state index contributed by atoms with van der Waals surface area (Å²) in [5, 5.41) is 0. The lowest BCUT2D eigenvalue weighted by atomic mass is 10.1. The fourth-order valence-corrected chi connectivity index (χ4v) is 2.07. The molecule has 2 heteroatoms. The van der Waals surface area contributed by atoms with E-state index < -0.39 is 0 Å². The van der Waals surface area contributed by atoms with Gasteiger partial charge in [-0.05, 0) is 23.8 Å². The van der Waals surface area contributed by atoms with Crippen molar-refractivity contribution in [2.75, 3.05) is 0 Å². The molecule has 0 saturated carbocycles. The minimum Gasteiger partial charge on any atom is -0.360 e. The van der Waals surface area contributed by atoms with Crippen molar-refractivity contribution >= 4 is 18.0 Å². The van der Waals surface area contributed by atoms with Crippen LogP contribution in [0, 0.1) is 0 Å². The van der Waals surface area contributed by atoms with Crippen molar-refractivity contribution in [3.63, 3.8) is 0 Å². The van der Waals surface area contributed by atoms with Gasteiger partial charge in [0.15, 0.2) is 0 Å². The number of aromatic nitrogens is 1. The number of H-pyrrole nitrogens is 1. The van der Waals surface area contributed by atoms with Crippen LogP contribution >= 0.6 is 0 Å². The van der Waals surface area contributed by atoms with Crippen molar-refractivity contribution in [1.29, 1.82) is 0 Å². The van der Waals surface area contributed by atoms with Gasteiger partial charge < -0.3 is 4.98 Å². The highest BCUT2D eigenvalue weighted by Crippen LogP contribution is 2.19. The van der Waals surface area contributed by atoms with Gasteiger partial charge in [0.05, 0.1) is 17.6 Å². The monoisotopic (exact) mass is 272 g/mol. The third-order valence-corrected chi connectivity index (χ3v) is 3.14. The summed E-state index contributed by atoms with van der Waals surface area (Å²) in [7, 11) is 0. The van der Waals surface area contributed by atoms with E-state index in [1.54, 1.807) is 0 Å². The van der Waals surface area contributed by atoms with Crippen LogP contribution in [0.1, 0.15) is 16.8 Å². The predicted octanol–water partition coefficient (Wildman–Crippen LogP) is 4.63. The summed E-state index contributed by atoms with van der Waals surface area (Å²) in [6.07, 6.45) is 5.83. The summed E-state index contributed by atoms with van der Waals surface area (Å²) in [6.45, 7) is 0. The SMILES string of the molecule is C(=N/C(=C\c1ccccc1)c1ccccc1)c1ccc[nH]1. The van der Waals surface area contributed by atoms with Crippen LogP contribution in [0.4, 0.5) is 0 Å². The highest BCUT2D eigenvalue weighted by atomic mass is 14.8. The molecule has 102 valence electrons. The number of nitrogens with zero attached hydrogens (tertiary/aromatic N) is 1. The van der Waals surface area contributed by atoms with Gasteiger partial charge in [-0.15, -0.1) is 0 Å². The van der Waals surface area contributed by atoms with Gasteiger partial charge in [0, 0.05) is 11.8 Å². The molecule has 1 aromatic heterocycles. The molecule has 1 heterocycles. The maximum atomic E-state index is 4.64. The molecular formula is C19H16N2. The molecule has 0 aliphatic carbocycles. The molecule has 3 aromatic rings. The average Bonchev–Trinajstić information content (AvgIpc) is 3.07. The average molecular weight is 272 g/mol. The van der Waals surface area contributed by atoms with E-state index in [1.807, 2.05) is 60.9 Å². The largest absolute Gasteiger partial charge is 0.360 e. The van der Waals surface area contributed by atoms with Crippen molar-refractivity contribution in [1.82, 2.24) is 4.98 Å². The van der Waals surface area contributed by atoms with Crippen LogP contribution in [-0.4, -0.2) is 11.2 Å². The van der Waals surface area contributed by atoms with Crippen LogP contribution in [0.3, 0.4) is 0 Å². The smallest absolute Gasteiger partial charge is 0.0708 e. The third-order valence-electron chi connectivity index (χ3n) is 3.14. The highest BCUT2D eigenvalue weighted by molar-refractivity contribution is 5.89. The second kappa shape index (κ2) is 6.53. The zero-order chi connectivity index (χ0) is 14.3. The Hall–Kier alpha value is -2.87. The Morgan fingerprint density at radius 2 is 1.52 bits per heavy atom. The second-order valence-electron chi connectivity index (χ2n) is 4.69. The van der Waals surface area contributed by atoms with Crippen molar-refractivity contribution < 1.29 is 0 Å². The molecular weight excluding hydrogens is 256 g/mol. The number of nitrogens with one attached hydrogen (secondary N) is 1. The number of aliphatic imine (C=N–C) groups is 1. The van der Waals surface area contributed by atoms with Crippen molar-refractivity contribution in [2.24, 2.45) is 4.99 Å². The standard InChI is InChI=1S/C19H16N2/c1-3-8-16(9-4-1)14-19(17-10-5-2-6-11-17)21-15-18-12-7-13-20-18/h1-15,20H/b19-14-,21-15?. The number of rotatable bonds is 4. The topological polar surface area (TPSA) is 28.1 Å². The number of hydrogen-bond acceptors (Lipinski definition) is 1. The third kappa shape index (κ3) is 3.57. The van der Waals surface area contributed by atoms with Crippen molar-refractivity contribution in [2.45, 2.75) is 0 Å². The summed E-state index contributed by atoms with van der Waals surface area (Å²) >= 11 is 0. The molecule has 21 heavy (non-hydrogen) atoms. The van der Waals surface area contributed by atoms with Gasteiger partial charge in [0.1, 0.15) is 0 Å². The maximum Gasteiger partial charge on any atom is 0.0708 e. The van der Waals surface area contributed by atoms with Gasteiger partial charge in [-0.1, -0.05) is 60.7 Å². The quantitative estimate of drug-likeness (QED) is 0.530. The summed E-state index contributed by atoms with van der Waals surface area (Å²) in [6, 6.07) is 24.4. The Labute approximate surface area is 124 Å². The molecule has 0 bridgehead atoms. The first-order chi connectivity index (χ1) is 10.4. The van der Waals surface area contributed by atoms with E-state index >= 15 is 0 Å². The fraction of sp³-hybridized carbons (Fsp3) is 0. The molecule has 0 atom stereocenters. The van der Waals surface area contributed by atoms with Crippen LogP contribution in [0.25, 0.3) is 11.8 Å².